The quantitative estimate of drug-likeness (QED) is 0.828. The van der Waals surface area contributed by atoms with Gasteiger partial charge in [0.05, 0.1) is 7.11 Å². The summed E-state index contributed by atoms with van der Waals surface area (Å²) in [5, 5.41) is 3.81. The smallest absolute Gasteiger partial charge is 0.206 e. The monoisotopic (exact) mass is 291 g/mol. The standard InChI is InChI=1S/C14H17N3O2S/c1-8(2)16-14-17-13(15)12(20-14)11(18)9-4-6-10(19-3)7-5-9/h4-8H,15H2,1-3H3,(H,16,17). The van der Waals surface area contributed by atoms with Gasteiger partial charge in [0, 0.05) is 11.6 Å². The average Bonchev–Trinajstić information content (AvgIpc) is 2.78. The second-order valence-corrected chi connectivity index (χ2v) is 5.59. The van der Waals surface area contributed by atoms with Crippen molar-refractivity contribution in [3.63, 3.8) is 0 Å². The Morgan fingerprint density at radius 1 is 1.35 bits per heavy atom. The fourth-order valence-electron chi connectivity index (χ4n) is 1.68. The Labute approximate surface area is 121 Å². The second-order valence-electron chi connectivity index (χ2n) is 4.59. The first-order chi connectivity index (χ1) is 9.51. The highest BCUT2D eigenvalue weighted by molar-refractivity contribution is 7.18. The van der Waals surface area contributed by atoms with E-state index >= 15 is 0 Å². The van der Waals surface area contributed by atoms with E-state index in [0.717, 1.165) is 0 Å². The molecular formula is C14H17N3O2S. The highest BCUT2D eigenvalue weighted by Crippen LogP contribution is 2.28. The molecule has 1 aromatic carbocycles. The molecule has 3 N–H and O–H groups in total. The molecule has 0 amide bonds. The molecule has 0 fully saturated rings. The minimum atomic E-state index is -0.126. The van der Waals surface area contributed by atoms with Crippen LogP contribution in [-0.4, -0.2) is 23.9 Å². The van der Waals surface area contributed by atoms with Crippen molar-refractivity contribution in [2.24, 2.45) is 0 Å². The maximum Gasteiger partial charge on any atom is 0.206 e. The van der Waals surface area contributed by atoms with E-state index in [4.69, 9.17) is 10.5 Å². The molecule has 0 atom stereocenters. The molecule has 20 heavy (non-hydrogen) atoms. The first-order valence-electron chi connectivity index (χ1n) is 6.23. The van der Waals surface area contributed by atoms with E-state index in [-0.39, 0.29) is 17.6 Å². The van der Waals surface area contributed by atoms with Gasteiger partial charge in [-0.2, -0.15) is 0 Å². The molecule has 0 radical (unpaired) electrons. The van der Waals surface area contributed by atoms with Crippen molar-refractivity contribution in [2.45, 2.75) is 19.9 Å². The van der Waals surface area contributed by atoms with Gasteiger partial charge in [-0.1, -0.05) is 11.3 Å². The Morgan fingerprint density at radius 2 is 2.00 bits per heavy atom. The van der Waals surface area contributed by atoms with Crippen LogP contribution in [0.15, 0.2) is 24.3 Å². The Morgan fingerprint density at radius 3 is 2.55 bits per heavy atom. The number of nitrogens with zero attached hydrogens (tertiary/aromatic N) is 1. The maximum absolute atomic E-state index is 12.4. The molecule has 0 spiro atoms. The van der Waals surface area contributed by atoms with Crippen molar-refractivity contribution in [3.8, 4) is 5.75 Å². The Kier molecular flexibility index (Phi) is 4.24. The zero-order chi connectivity index (χ0) is 14.7. The minimum Gasteiger partial charge on any atom is -0.497 e. The van der Waals surface area contributed by atoms with Crippen LogP contribution < -0.4 is 15.8 Å². The largest absolute Gasteiger partial charge is 0.497 e. The second kappa shape index (κ2) is 5.92. The van der Waals surface area contributed by atoms with Gasteiger partial charge >= 0.3 is 0 Å². The molecule has 0 bridgehead atoms. The molecule has 5 nitrogen and oxygen atoms in total. The van der Waals surface area contributed by atoms with Crippen LogP contribution in [-0.2, 0) is 0 Å². The summed E-state index contributed by atoms with van der Waals surface area (Å²) in [5.74, 6) is 0.847. The van der Waals surface area contributed by atoms with Crippen LogP contribution >= 0.6 is 11.3 Å². The van der Waals surface area contributed by atoms with Crippen LogP contribution in [0.5, 0.6) is 5.75 Å². The number of hydrogen-bond donors (Lipinski definition) is 2. The van der Waals surface area contributed by atoms with Gasteiger partial charge in [0.2, 0.25) is 5.78 Å². The predicted molar refractivity (Wildman–Crippen MR) is 81.7 cm³/mol. The van der Waals surface area contributed by atoms with Crippen LogP contribution in [0.3, 0.4) is 0 Å². The van der Waals surface area contributed by atoms with Gasteiger partial charge in [-0.25, -0.2) is 4.98 Å². The summed E-state index contributed by atoms with van der Waals surface area (Å²) in [4.78, 5) is 17.0. The third kappa shape index (κ3) is 3.08. The number of rotatable bonds is 5. The third-order valence-corrected chi connectivity index (χ3v) is 3.63. The van der Waals surface area contributed by atoms with Gasteiger partial charge in [-0.05, 0) is 38.1 Å². The summed E-state index contributed by atoms with van der Waals surface area (Å²) in [7, 11) is 1.59. The van der Waals surface area contributed by atoms with Crippen molar-refractivity contribution in [2.75, 3.05) is 18.2 Å². The van der Waals surface area contributed by atoms with Crippen LogP contribution in [0.2, 0.25) is 0 Å². The zero-order valence-corrected chi connectivity index (χ0v) is 12.5. The predicted octanol–water partition coefficient (Wildman–Crippen LogP) is 2.79. The van der Waals surface area contributed by atoms with Gasteiger partial charge < -0.3 is 15.8 Å². The van der Waals surface area contributed by atoms with Crippen molar-refractivity contribution >= 4 is 28.1 Å². The number of carbonyl (C=O) groups is 1. The summed E-state index contributed by atoms with van der Waals surface area (Å²) in [5.41, 5.74) is 6.39. The Bertz CT molecular complexity index is 605. The molecule has 0 aliphatic rings. The lowest BCUT2D eigenvalue weighted by atomic mass is 10.1. The molecule has 0 unspecified atom stereocenters. The van der Waals surface area contributed by atoms with E-state index in [1.54, 1.807) is 31.4 Å². The van der Waals surface area contributed by atoms with Gasteiger partial charge in [-0.15, -0.1) is 0 Å². The summed E-state index contributed by atoms with van der Waals surface area (Å²) in [6.45, 7) is 4.01. The van der Waals surface area contributed by atoms with E-state index in [2.05, 4.69) is 10.3 Å². The van der Waals surface area contributed by atoms with Crippen LogP contribution in [0.1, 0.15) is 29.1 Å². The van der Waals surface area contributed by atoms with E-state index < -0.39 is 0 Å². The minimum absolute atomic E-state index is 0.126. The molecule has 2 aromatic rings. The fraction of sp³-hybridized carbons (Fsp3) is 0.286. The number of methoxy groups -OCH3 is 1. The Hall–Kier alpha value is -2.08. The van der Waals surface area contributed by atoms with Crippen LogP contribution in [0.4, 0.5) is 10.9 Å². The van der Waals surface area contributed by atoms with Crippen molar-refractivity contribution in [3.05, 3.63) is 34.7 Å². The van der Waals surface area contributed by atoms with Gasteiger partial charge in [-0.3, -0.25) is 4.79 Å². The van der Waals surface area contributed by atoms with E-state index in [9.17, 15) is 4.79 Å². The van der Waals surface area contributed by atoms with E-state index in [1.807, 2.05) is 13.8 Å². The van der Waals surface area contributed by atoms with E-state index in [1.165, 1.54) is 11.3 Å². The molecule has 0 saturated carbocycles. The van der Waals surface area contributed by atoms with Crippen LogP contribution in [0, 0.1) is 0 Å². The number of ketones is 1. The number of nitrogens with two attached hydrogens (primary N) is 1. The normalized spacial score (nSPS) is 10.6. The number of nitrogen functional groups attached to an aromatic ring is 1. The Balaban J connectivity index is 2.25. The average molecular weight is 291 g/mol. The number of nitrogens with one attached hydrogen (secondary N) is 1. The number of aromatic nitrogens is 1. The molecule has 0 saturated heterocycles. The van der Waals surface area contributed by atoms with Gasteiger partial charge in [0.25, 0.3) is 0 Å². The summed E-state index contributed by atoms with van der Waals surface area (Å²) >= 11 is 1.27. The maximum atomic E-state index is 12.4. The molecule has 6 heteroatoms. The number of carbonyl (C=O) groups excluding carboxylic acids is 1. The summed E-state index contributed by atoms with van der Waals surface area (Å²) in [6.07, 6.45) is 0. The lowest BCUT2D eigenvalue weighted by molar-refractivity contribution is 0.104. The number of benzene rings is 1. The number of thiazole rings is 1. The molecule has 2 rings (SSSR count). The van der Waals surface area contributed by atoms with Crippen molar-refractivity contribution < 1.29 is 9.53 Å². The van der Waals surface area contributed by atoms with Crippen LogP contribution in [0.25, 0.3) is 0 Å². The number of hydrogen-bond acceptors (Lipinski definition) is 6. The molecular weight excluding hydrogens is 274 g/mol. The topological polar surface area (TPSA) is 77.2 Å². The highest BCUT2D eigenvalue weighted by Gasteiger charge is 2.18. The fourth-order valence-corrected chi connectivity index (χ4v) is 2.67. The van der Waals surface area contributed by atoms with Crippen molar-refractivity contribution in [1.29, 1.82) is 0 Å². The van der Waals surface area contributed by atoms with Crippen molar-refractivity contribution in [1.82, 2.24) is 4.98 Å². The highest BCUT2D eigenvalue weighted by atomic mass is 32.1. The zero-order valence-electron chi connectivity index (χ0n) is 11.6. The number of ether oxygens (including phenoxy) is 1. The summed E-state index contributed by atoms with van der Waals surface area (Å²) < 4.78 is 5.07. The summed E-state index contributed by atoms with van der Waals surface area (Å²) in [6, 6.07) is 7.17. The molecule has 1 aromatic heterocycles. The third-order valence-electron chi connectivity index (χ3n) is 2.62. The molecule has 0 aliphatic heterocycles. The molecule has 0 aliphatic carbocycles. The van der Waals surface area contributed by atoms with E-state index in [0.29, 0.717) is 21.3 Å². The first kappa shape index (κ1) is 14.3. The van der Waals surface area contributed by atoms with Gasteiger partial charge in [0.1, 0.15) is 16.4 Å². The first-order valence-corrected chi connectivity index (χ1v) is 7.04. The molecule has 106 valence electrons. The number of anilines is 2. The lowest BCUT2D eigenvalue weighted by Crippen LogP contribution is -2.09. The lowest BCUT2D eigenvalue weighted by Gasteiger charge is -2.04. The molecule has 1 heterocycles. The van der Waals surface area contributed by atoms with Gasteiger partial charge in [0.15, 0.2) is 5.13 Å². The SMILES string of the molecule is COc1ccc(C(=O)c2sc(NC(C)C)nc2N)cc1.